The number of esters is 1. The maximum Gasteiger partial charge on any atom is 0.306 e. The molecule has 0 aromatic heterocycles. The average Bonchev–Trinajstić information content (AvgIpc) is 2.30. The maximum absolute atomic E-state index is 11.2. The van der Waals surface area contributed by atoms with Crippen molar-refractivity contribution in [3.63, 3.8) is 0 Å². The minimum Gasteiger partial charge on any atom is -0.463 e. The van der Waals surface area contributed by atoms with Gasteiger partial charge in [-0.25, -0.2) is 0 Å². The minimum absolute atomic E-state index is 0.165. The van der Waals surface area contributed by atoms with Crippen molar-refractivity contribution >= 4 is 5.97 Å². The summed E-state index contributed by atoms with van der Waals surface area (Å²) in [6, 6.07) is 0. The molecule has 0 aromatic rings. The summed E-state index contributed by atoms with van der Waals surface area (Å²) in [4.78, 5) is 11.2. The first-order chi connectivity index (χ1) is 8.66. The Bertz CT molecular complexity index is 194. The molecule has 0 saturated carbocycles. The van der Waals surface area contributed by atoms with Crippen molar-refractivity contribution in [3.8, 4) is 0 Å². The van der Waals surface area contributed by atoms with Gasteiger partial charge in [-0.1, -0.05) is 13.8 Å². The fraction of sp³-hybridized carbons (Fsp3) is 0.923. The third-order valence-corrected chi connectivity index (χ3v) is 2.01. The molecule has 0 fully saturated rings. The van der Waals surface area contributed by atoms with Gasteiger partial charge in [0.2, 0.25) is 0 Å². The summed E-state index contributed by atoms with van der Waals surface area (Å²) < 4.78 is 20.6. The van der Waals surface area contributed by atoms with Gasteiger partial charge in [-0.15, -0.1) is 0 Å². The summed E-state index contributed by atoms with van der Waals surface area (Å²) in [5, 5.41) is 0. The predicted molar refractivity (Wildman–Crippen MR) is 68.5 cm³/mol. The Morgan fingerprint density at radius 3 is 1.89 bits per heavy atom. The Hall–Kier alpha value is -0.650. The van der Waals surface area contributed by atoms with Crippen molar-refractivity contribution < 1.29 is 23.7 Å². The Balaban J connectivity index is 3.09. The Morgan fingerprint density at radius 2 is 1.39 bits per heavy atom. The topological polar surface area (TPSA) is 54.0 Å². The molecule has 0 amide bonds. The molecule has 0 N–H and O–H groups in total. The highest BCUT2D eigenvalue weighted by Gasteiger charge is 2.05. The number of carbonyl (C=O) groups excluding carboxylic acids is 1. The van der Waals surface area contributed by atoms with E-state index in [4.69, 9.17) is 18.9 Å². The molecule has 0 aliphatic rings. The van der Waals surface area contributed by atoms with Gasteiger partial charge in [0.05, 0.1) is 33.0 Å². The summed E-state index contributed by atoms with van der Waals surface area (Å²) in [7, 11) is 0. The monoisotopic (exact) mass is 262 g/mol. The zero-order valence-electron chi connectivity index (χ0n) is 11.8. The van der Waals surface area contributed by atoms with E-state index in [1.165, 1.54) is 0 Å². The van der Waals surface area contributed by atoms with E-state index in [2.05, 4.69) is 0 Å². The van der Waals surface area contributed by atoms with Crippen LogP contribution >= 0.6 is 0 Å². The molecule has 0 spiro atoms. The molecule has 0 bridgehead atoms. The van der Waals surface area contributed by atoms with Crippen LogP contribution in [-0.4, -0.2) is 52.2 Å². The number of ether oxygens (including phenoxy) is 4. The van der Waals surface area contributed by atoms with Crippen LogP contribution in [0.2, 0.25) is 0 Å². The van der Waals surface area contributed by atoms with E-state index < -0.39 is 0 Å². The summed E-state index contributed by atoms with van der Waals surface area (Å²) in [6.45, 7) is 9.59. The van der Waals surface area contributed by atoms with Crippen molar-refractivity contribution in [2.75, 3.05) is 46.2 Å². The van der Waals surface area contributed by atoms with Gasteiger partial charge in [-0.2, -0.15) is 0 Å². The second kappa shape index (κ2) is 12.8. The zero-order chi connectivity index (χ0) is 13.6. The van der Waals surface area contributed by atoms with E-state index in [0.717, 1.165) is 0 Å². The van der Waals surface area contributed by atoms with Crippen LogP contribution in [0.25, 0.3) is 0 Å². The van der Waals surface area contributed by atoms with E-state index >= 15 is 0 Å². The normalized spacial score (nSPS) is 10.9. The molecule has 5 nitrogen and oxygen atoms in total. The molecule has 0 rings (SSSR count). The van der Waals surface area contributed by atoms with Gasteiger partial charge in [-0.05, 0) is 12.8 Å². The quantitative estimate of drug-likeness (QED) is 0.395. The van der Waals surface area contributed by atoms with Gasteiger partial charge >= 0.3 is 5.97 Å². The van der Waals surface area contributed by atoms with Crippen LogP contribution in [0.5, 0.6) is 0 Å². The van der Waals surface area contributed by atoms with Crippen LogP contribution in [0.3, 0.4) is 0 Å². The molecule has 0 atom stereocenters. The number of rotatable bonds is 12. The molecule has 0 heterocycles. The van der Waals surface area contributed by atoms with E-state index in [1.807, 2.05) is 20.8 Å². The second-order valence-corrected chi connectivity index (χ2v) is 4.24. The lowest BCUT2D eigenvalue weighted by atomic mass is 10.1. The third kappa shape index (κ3) is 13.4. The fourth-order valence-corrected chi connectivity index (χ4v) is 1.19. The van der Waals surface area contributed by atoms with Crippen LogP contribution < -0.4 is 0 Å². The smallest absolute Gasteiger partial charge is 0.306 e. The first-order valence-corrected chi connectivity index (χ1v) is 6.55. The maximum atomic E-state index is 11.2. The molecule has 0 radical (unpaired) electrons. The van der Waals surface area contributed by atoms with Crippen molar-refractivity contribution in [2.24, 2.45) is 5.92 Å². The lowest BCUT2D eigenvalue weighted by Gasteiger charge is -2.08. The molecule has 0 aromatic carbocycles. The molecule has 0 aliphatic carbocycles. The van der Waals surface area contributed by atoms with Crippen molar-refractivity contribution in [1.29, 1.82) is 0 Å². The highest BCUT2D eigenvalue weighted by atomic mass is 16.6. The second-order valence-electron chi connectivity index (χ2n) is 4.24. The first kappa shape index (κ1) is 17.4. The van der Waals surface area contributed by atoms with Crippen molar-refractivity contribution in [1.82, 2.24) is 0 Å². The molecule has 0 saturated heterocycles. The van der Waals surface area contributed by atoms with Crippen LogP contribution in [0, 0.1) is 5.92 Å². The van der Waals surface area contributed by atoms with Gasteiger partial charge in [0.25, 0.3) is 0 Å². The van der Waals surface area contributed by atoms with E-state index in [1.54, 1.807) is 0 Å². The van der Waals surface area contributed by atoms with Crippen LogP contribution in [-0.2, 0) is 23.7 Å². The Labute approximate surface area is 110 Å². The highest BCUT2D eigenvalue weighted by molar-refractivity contribution is 5.69. The lowest BCUT2D eigenvalue weighted by Crippen LogP contribution is -2.14. The fourth-order valence-electron chi connectivity index (χ4n) is 1.19. The van der Waals surface area contributed by atoms with Gasteiger partial charge < -0.3 is 18.9 Å². The summed E-state index contributed by atoms with van der Waals surface area (Å²) in [6.07, 6.45) is 0.459. The zero-order valence-corrected chi connectivity index (χ0v) is 11.8. The average molecular weight is 262 g/mol. The van der Waals surface area contributed by atoms with Gasteiger partial charge in [0.15, 0.2) is 0 Å². The highest BCUT2D eigenvalue weighted by Crippen LogP contribution is 2.00. The van der Waals surface area contributed by atoms with Gasteiger partial charge in [0, 0.05) is 13.0 Å². The van der Waals surface area contributed by atoms with E-state index in [0.29, 0.717) is 58.6 Å². The van der Waals surface area contributed by atoms with Crippen LogP contribution in [0.15, 0.2) is 0 Å². The van der Waals surface area contributed by atoms with E-state index in [9.17, 15) is 4.79 Å². The Kier molecular flexibility index (Phi) is 12.3. The molecule has 108 valence electrons. The SMILES string of the molecule is CCOCCOCCOCCOC(=O)CC(C)C. The molecule has 0 unspecified atom stereocenters. The lowest BCUT2D eigenvalue weighted by molar-refractivity contribution is -0.146. The third-order valence-electron chi connectivity index (χ3n) is 2.01. The van der Waals surface area contributed by atoms with Crippen LogP contribution in [0.1, 0.15) is 27.2 Å². The summed E-state index contributed by atoms with van der Waals surface area (Å²) >= 11 is 0. The molecular formula is C13H26O5. The first-order valence-electron chi connectivity index (χ1n) is 6.55. The molecule has 18 heavy (non-hydrogen) atoms. The van der Waals surface area contributed by atoms with Crippen LogP contribution in [0.4, 0.5) is 0 Å². The number of hydrogen-bond donors (Lipinski definition) is 0. The standard InChI is InChI=1S/C13H26O5/c1-4-15-5-6-16-7-8-17-9-10-18-13(14)11-12(2)3/h12H,4-11H2,1-3H3. The minimum atomic E-state index is -0.165. The van der Waals surface area contributed by atoms with Gasteiger partial charge in [0.1, 0.15) is 6.61 Å². The predicted octanol–water partition coefficient (Wildman–Crippen LogP) is 1.65. The molecule has 5 heteroatoms. The summed E-state index contributed by atoms with van der Waals surface area (Å²) in [5.41, 5.74) is 0. The molecular weight excluding hydrogens is 236 g/mol. The molecule has 0 aliphatic heterocycles. The number of hydrogen-bond acceptors (Lipinski definition) is 5. The van der Waals surface area contributed by atoms with Crippen molar-refractivity contribution in [2.45, 2.75) is 27.2 Å². The summed E-state index contributed by atoms with van der Waals surface area (Å²) in [5.74, 6) is 0.165. The largest absolute Gasteiger partial charge is 0.463 e. The Morgan fingerprint density at radius 1 is 0.889 bits per heavy atom. The number of carbonyl (C=O) groups is 1. The van der Waals surface area contributed by atoms with Crippen molar-refractivity contribution in [3.05, 3.63) is 0 Å². The van der Waals surface area contributed by atoms with Gasteiger partial charge in [-0.3, -0.25) is 4.79 Å². The van der Waals surface area contributed by atoms with E-state index in [-0.39, 0.29) is 5.97 Å².